The van der Waals surface area contributed by atoms with Gasteiger partial charge in [0.2, 0.25) is 5.89 Å². The number of benzene rings is 1. The third kappa shape index (κ3) is 2.87. The quantitative estimate of drug-likeness (QED) is 0.861. The van der Waals surface area contributed by atoms with Crippen LogP contribution in [0.4, 0.5) is 0 Å². The SMILES string of the molecule is C=C(N)N1CC(c2nc(-c3cc[c-]cc3)no2)C1.[Y]. The van der Waals surface area contributed by atoms with E-state index in [9.17, 15) is 0 Å². The van der Waals surface area contributed by atoms with Crippen LogP contribution in [-0.4, -0.2) is 28.1 Å². The Morgan fingerprint density at radius 1 is 1.42 bits per heavy atom. The Hall–Kier alpha value is -1.20. The van der Waals surface area contributed by atoms with E-state index in [1.807, 2.05) is 29.2 Å². The molecule has 19 heavy (non-hydrogen) atoms. The zero-order valence-corrected chi connectivity index (χ0v) is 13.3. The van der Waals surface area contributed by atoms with Crippen molar-refractivity contribution < 1.29 is 37.2 Å². The van der Waals surface area contributed by atoms with Crippen molar-refractivity contribution in [2.45, 2.75) is 5.92 Å². The standard InChI is InChI=1S/C13H13N4O.Y/c1-9(14)17-7-11(8-17)13-15-12(16-18-13)10-5-3-2-4-6-10;/h3-6,11H,1,7-8,14H2;/q-1;. The van der Waals surface area contributed by atoms with Crippen molar-refractivity contribution in [1.82, 2.24) is 15.0 Å². The Morgan fingerprint density at radius 2 is 2.11 bits per heavy atom. The van der Waals surface area contributed by atoms with Crippen molar-refractivity contribution in [3.05, 3.63) is 48.6 Å². The topological polar surface area (TPSA) is 68.2 Å². The van der Waals surface area contributed by atoms with Crippen LogP contribution < -0.4 is 5.73 Å². The van der Waals surface area contributed by atoms with Crippen molar-refractivity contribution in [2.24, 2.45) is 5.73 Å². The second-order valence-electron chi connectivity index (χ2n) is 4.34. The molecule has 2 aromatic rings. The Kier molecular flexibility index (Phi) is 4.37. The minimum Gasteiger partial charge on any atom is -0.386 e. The number of hydrogen-bond acceptors (Lipinski definition) is 5. The number of nitrogens with two attached hydrogens (primary N) is 1. The van der Waals surface area contributed by atoms with Crippen molar-refractivity contribution in [2.75, 3.05) is 13.1 Å². The van der Waals surface area contributed by atoms with E-state index >= 15 is 0 Å². The van der Waals surface area contributed by atoms with E-state index in [1.165, 1.54) is 0 Å². The summed E-state index contributed by atoms with van der Waals surface area (Å²) in [6.45, 7) is 5.27. The first-order valence-corrected chi connectivity index (χ1v) is 5.73. The normalized spacial score (nSPS) is 14.6. The first-order valence-electron chi connectivity index (χ1n) is 5.73. The second-order valence-corrected chi connectivity index (χ2v) is 4.34. The molecule has 95 valence electrons. The van der Waals surface area contributed by atoms with Crippen LogP contribution in [0.25, 0.3) is 11.4 Å². The maximum atomic E-state index is 5.60. The van der Waals surface area contributed by atoms with E-state index in [0.717, 1.165) is 18.7 Å². The van der Waals surface area contributed by atoms with Crippen LogP contribution in [-0.2, 0) is 32.7 Å². The molecule has 0 unspecified atom stereocenters. The van der Waals surface area contributed by atoms with Gasteiger partial charge in [-0.2, -0.15) is 35.3 Å². The van der Waals surface area contributed by atoms with E-state index in [1.54, 1.807) is 0 Å². The molecule has 6 heteroatoms. The van der Waals surface area contributed by atoms with E-state index in [4.69, 9.17) is 10.3 Å². The van der Waals surface area contributed by atoms with E-state index in [0.29, 0.717) is 17.5 Å². The average Bonchev–Trinajstić information content (AvgIpc) is 2.77. The molecule has 1 fully saturated rings. The number of aromatic nitrogens is 2. The Balaban J connectivity index is 0.00000133. The fourth-order valence-corrected chi connectivity index (χ4v) is 1.92. The van der Waals surface area contributed by atoms with Crippen LogP contribution >= 0.6 is 0 Å². The summed E-state index contributed by atoms with van der Waals surface area (Å²) in [7, 11) is 0. The van der Waals surface area contributed by atoms with Gasteiger partial charge in [-0.1, -0.05) is 17.3 Å². The molecule has 5 nitrogen and oxygen atoms in total. The fraction of sp³-hybridized carbons (Fsp3) is 0.231. The van der Waals surface area contributed by atoms with Crippen LogP contribution in [0.2, 0.25) is 0 Å². The molecule has 1 saturated heterocycles. The summed E-state index contributed by atoms with van der Waals surface area (Å²) in [5.74, 6) is 2.12. The fourth-order valence-electron chi connectivity index (χ4n) is 1.92. The van der Waals surface area contributed by atoms with Crippen LogP contribution in [0.15, 0.2) is 41.2 Å². The minimum atomic E-state index is 0. The monoisotopic (exact) mass is 330 g/mol. The van der Waals surface area contributed by atoms with Crippen molar-refractivity contribution >= 4 is 0 Å². The van der Waals surface area contributed by atoms with Gasteiger partial charge in [0.1, 0.15) is 0 Å². The second kappa shape index (κ2) is 5.84. The van der Waals surface area contributed by atoms with Gasteiger partial charge < -0.3 is 15.2 Å². The molecule has 1 aromatic heterocycles. The summed E-state index contributed by atoms with van der Waals surface area (Å²) in [5.41, 5.74) is 6.53. The van der Waals surface area contributed by atoms with Gasteiger partial charge in [0, 0.05) is 45.8 Å². The summed E-state index contributed by atoms with van der Waals surface area (Å²) in [6.07, 6.45) is 0. The van der Waals surface area contributed by atoms with Crippen molar-refractivity contribution in [3.8, 4) is 11.4 Å². The van der Waals surface area contributed by atoms with Crippen molar-refractivity contribution in [3.63, 3.8) is 0 Å². The molecule has 1 radical (unpaired) electrons. The molecule has 0 aliphatic carbocycles. The molecular formula is C13H13N4OY-. The van der Waals surface area contributed by atoms with Gasteiger partial charge in [-0.25, -0.2) is 0 Å². The Bertz CT molecular complexity index is 563. The predicted octanol–water partition coefficient (Wildman–Crippen LogP) is 1.36. The molecule has 1 aliphatic heterocycles. The first kappa shape index (κ1) is 14.2. The van der Waals surface area contributed by atoms with Crippen molar-refractivity contribution in [1.29, 1.82) is 0 Å². The van der Waals surface area contributed by atoms with E-state index < -0.39 is 0 Å². The summed E-state index contributed by atoms with van der Waals surface area (Å²) >= 11 is 0. The molecule has 0 bridgehead atoms. The number of likely N-dealkylation sites (tertiary alicyclic amines) is 1. The molecular weight excluding hydrogens is 317 g/mol. The van der Waals surface area contributed by atoms with Gasteiger partial charge in [-0.3, -0.25) is 0 Å². The number of nitrogens with zero attached hydrogens (tertiary/aromatic N) is 3. The first-order chi connectivity index (χ1) is 8.74. The molecule has 0 atom stereocenters. The van der Waals surface area contributed by atoms with Gasteiger partial charge in [0.25, 0.3) is 0 Å². The van der Waals surface area contributed by atoms with Gasteiger partial charge >= 0.3 is 0 Å². The van der Waals surface area contributed by atoms with Crippen LogP contribution in [0.3, 0.4) is 0 Å². The summed E-state index contributed by atoms with van der Waals surface area (Å²) < 4.78 is 5.28. The summed E-state index contributed by atoms with van der Waals surface area (Å²) in [5, 5.41) is 3.99. The molecule has 3 rings (SSSR count). The zero-order valence-electron chi connectivity index (χ0n) is 10.4. The molecule has 1 aromatic carbocycles. The smallest absolute Gasteiger partial charge is 0.233 e. The largest absolute Gasteiger partial charge is 0.386 e. The molecule has 0 spiro atoms. The van der Waals surface area contributed by atoms with Crippen LogP contribution in [0.1, 0.15) is 11.8 Å². The van der Waals surface area contributed by atoms with Crippen LogP contribution in [0.5, 0.6) is 0 Å². The summed E-state index contributed by atoms with van der Waals surface area (Å²) in [4.78, 5) is 6.39. The molecule has 2 heterocycles. The molecule has 0 amide bonds. The zero-order chi connectivity index (χ0) is 12.5. The molecule has 1 aliphatic rings. The maximum Gasteiger partial charge on any atom is 0.233 e. The third-order valence-electron chi connectivity index (χ3n) is 3.06. The average molecular weight is 330 g/mol. The summed E-state index contributed by atoms with van der Waals surface area (Å²) in [6, 6.07) is 10.4. The van der Waals surface area contributed by atoms with Gasteiger partial charge in [-0.15, -0.1) is 0 Å². The molecule has 2 N–H and O–H groups in total. The van der Waals surface area contributed by atoms with E-state index in [-0.39, 0.29) is 38.6 Å². The van der Waals surface area contributed by atoms with Gasteiger partial charge in [0.15, 0.2) is 5.82 Å². The Morgan fingerprint density at radius 3 is 2.74 bits per heavy atom. The molecule has 0 saturated carbocycles. The third-order valence-corrected chi connectivity index (χ3v) is 3.06. The Labute approximate surface area is 136 Å². The van der Waals surface area contributed by atoms with Crippen LogP contribution in [0, 0.1) is 6.07 Å². The number of rotatable bonds is 3. The van der Waals surface area contributed by atoms with Gasteiger partial charge in [-0.05, 0) is 0 Å². The number of hydrogen-bond donors (Lipinski definition) is 1. The predicted molar refractivity (Wildman–Crippen MR) is 66.2 cm³/mol. The van der Waals surface area contributed by atoms with E-state index in [2.05, 4.69) is 22.8 Å². The van der Waals surface area contributed by atoms with Gasteiger partial charge in [0.05, 0.1) is 11.7 Å². The maximum absolute atomic E-state index is 5.60. The minimum absolute atomic E-state index is 0.